The Morgan fingerprint density at radius 1 is 1.46 bits per heavy atom. The molecule has 70 valence electrons. The average molecular weight is 179 g/mol. The summed E-state index contributed by atoms with van der Waals surface area (Å²) in [4.78, 5) is 10.4. The molecule has 0 amide bonds. The van der Waals surface area contributed by atoms with Gasteiger partial charge < -0.3 is 5.11 Å². The number of aromatic hydroxyl groups is 1. The predicted octanol–water partition coefficient (Wildman–Crippen LogP) is 3.05. The van der Waals surface area contributed by atoms with Gasteiger partial charge in [0, 0.05) is 0 Å². The molecule has 0 saturated heterocycles. The summed E-state index contributed by atoms with van der Waals surface area (Å²) in [5.41, 5.74) is 1.68. The summed E-state index contributed by atoms with van der Waals surface area (Å²) in [5, 5.41) is 12.4. The van der Waals surface area contributed by atoms with Crippen molar-refractivity contribution in [3.63, 3.8) is 0 Å². The summed E-state index contributed by atoms with van der Waals surface area (Å²) in [6, 6.07) is 3.64. The molecule has 0 unspecified atom stereocenters. The molecule has 0 atom stereocenters. The first-order valence-electron chi connectivity index (χ1n) is 4.35. The third kappa shape index (κ3) is 1.86. The van der Waals surface area contributed by atoms with E-state index in [4.69, 9.17) is 0 Å². The first-order valence-corrected chi connectivity index (χ1v) is 4.35. The fourth-order valence-electron chi connectivity index (χ4n) is 1.31. The van der Waals surface area contributed by atoms with Crippen molar-refractivity contribution in [2.75, 3.05) is 0 Å². The van der Waals surface area contributed by atoms with Crippen LogP contribution in [0.2, 0.25) is 0 Å². The summed E-state index contributed by atoms with van der Waals surface area (Å²) in [7, 11) is 0. The van der Waals surface area contributed by atoms with Crippen molar-refractivity contribution >= 4 is 5.69 Å². The van der Waals surface area contributed by atoms with Crippen molar-refractivity contribution in [2.24, 2.45) is 5.18 Å². The SMILES string of the molecule is CCCc1ccc(C)c(N=O)c1O. The minimum Gasteiger partial charge on any atom is -0.505 e. The fourth-order valence-corrected chi connectivity index (χ4v) is 1.31. The second-order valence-corrected chi connectivity index (χ2v) is 3.08. The molecule has 0 aliphatic rings. The molecule has 0 aliphatic carbocycles. The lowest BCUT2D eigenvalue weighted by Gasteiger charge is -2.05. The number of nitrogens with zero attached hydrogens (tertiary/aromatic N) is 1. The van der Waals surface area contributed by atoms with E-state index in [0.29, 0.717) is 5.56 Å². The normalized spacial score (nSPS) is 10.0. The smallest absolute Gasteiger partial charge is 0.152 e. The highest BCUT2D eigenvalue weighted by molar-refractivity contribution is 5.60. The number of hydrogen-bond donors (Lipinski definition) is 1. The molecule has 1 rings (SSSR count). The molecule has 0 spiro atoms. The van der Waals surface area contributed by atoms with E-state index < -0.39 is 0 Å². The van der Waals surface area contributed by atoms with E-state index in [0.717, 1.165) is 18.4 Å². The topological polar surface area (TPSA) is 49.7 Å². The monoisotopic (exact) mass is 179 g/mol. The maximum absolute atomic E-state index is 10.4. The highest BCUT2D eigenvalue weighted by Gasteiger charge is 2.09. The quantitative estimate of drug-likeness (QED) is 0.725. The largest absolute Gasteiger partial charge is 0.505 e. The van der Waals surface area contributed by atoms with Crippen molar-refractivity contribution in [3.8, 4) is 5.75 Å². The van der Waals surface area contributed by atoms with E-state index in [-0.39, 0.29) is 11.4 Å². The number of hydrogen-bond acceptors (Lipinski definition) is 3. The highest BCUT2D eigenvalue weighted by atomic mass is 16.3. The third-order valence-corrected chi connectivity index (χ3v) is 2.05. The van der Waals surface area contributed by atoms with E-state index in [1.165, 1.54) is 0 Å². The van der Waals surface area contributed by atoms with Crippen LogP contribution in [0.25, 0.3) is 0 Å². The Balaban J connectivity index is 3.19. The Morgan fingerprint density at radius 2 is 2.15 bits per heavy atom. The van der Waals surface area contributed by atoms with Gasteiger partial charge in [-0.25, -0.2) is 0 Å². The van der Waals surface area contributed by atoms with E-state index in [1.54, 1.807) is 13.0 Å². The maximum Gasteiger partial charge on any atom is 0.152 e. The third-order valence-electron chi connectivity index (χ3n) is 2.05. The zero-order valence-electron chi connectivity index (χ0n) is 7.87. The van der Waals surface area contributed by atoms with Gasteiger partial charge in [0.15, 0.2) is 5.69 Å². The van der Waals surface area contributed by atoms with Gasteiger partial charge in [-0.1, -0.05) is 25.5 Å². The Bertz CT molecular complexity index is 321. The van der Waals surface area contributed by atoms with E-state index >= 15 is 0 Å². The molecule has 1 aromatic rings. The molecule has 3 heteroatoms. The molecular formula is C10H13NO2. The number of phenolic OH excluding ortho intramolecular Hbond substituents is 1. The van der Waals surface area contributed by atoms with Gasteiger partial charge in [0.05, 0.1) is 0 Å². The van der Waals surface area contributed by atoms with Gasteiger partial charge in [0.1, 0.15) is 5.75 Å². The maximum atomic E-state index is 10.4. The number of benzene rings is 1. The first-order chi connectivity index (χ1) is 6.20. The van der Waals surface area contributed by atoms with Gasteiger partial charge in [-0.05, 0) is 29.6 Å². The van der Waals surface area contributed by atoms with Gasteiger partial charge >= 0.3 is 0 Å². The average Bonchev–Trinajstić information content (AvgIpc) is 2.11. The summed E-state index contributed by atoms with van der Waals surface area (Å²) in [6.45, 7) is 3.78. The summed E-state index contributed by atoms with van der Waals surface area (Å²) in [6.07, 6.45) is 1.71. The summed E-state index contributed by atoms with van der Waals surface area (Å²) in [5.74, 6) is 0.0388. The van der Waals surface area contributed by atoms with Crippen LogP contribution in [-0.2, 0) is 6.42 Å². The molecule has 0 radical (unpaired) electrons. The molecule has 0 bridgehead atoms. The Hall–Kier alpha value is -1.38. The van der Waals surface area contributed by atoms with E-state index in [2.05, 4.69) is 5.18 Å². The molecule has 1 N–H and O–H groups in total. The van der Waals surface area contributed by atoms with E-state index in [1.807, 2.05) is 13.0 Å². The molecule has 0 aromatic heterocycles. The van der Waals surface area contributed by atoms with Crippen molar-refractivity contribution in [1.82, 2.24) is 0 Å². The second kappa shape index (κ2) is 4.03. The molecule has 13 heavy (non-hydrogen) atoms. The van der Waals surface area contributed by atoms with Crippen molar-refractivity contribution < 1.29 is 5.11 Å². The Kier molecular flexibility index (Phi) is 3.01. The molecule has 0 fully saturated rings. The molecular weight excluding hydrogens is 166 g/mol. The lowest BCUT2D eigenvalue weighted by Crippen LogP contribution is -1.86. The number of rotatable bonds is 3. The van der Waals surface area contributed by atoms with Crippen LogP contribution in [0.1, 0.15) is 24.5 Å². The van der Waals surface area contributed by atoms with Gasteiger partial charge in [0.25, 0.3) is 0 Å². The second-order valence-electron chi connectivity index (χ2n) is 3.08. The van der Waals surface area contributed by atoms with Gasteiger partial charge in [-0.15, -0.1) is 4.91 Å². The van der Waals surface area contributed by atoms with Crippen LogP contribution in [0, 0.1) is 11.8 Å². The molecule has 0 saturated carbocycles. The lowest BCUT2D eigenvalue weighted by molar-refractivity contribution is 0.468. The molecule has 1 aromatic carbocycles. The van der Waals surface area contributed by atoms with Crippen molar-refractivity contribution in [2.45, 2.75) is 26.7 Å². The summed E-state index contributed by atoms with van der Waals surface area (Å²) >= 11 is 0. The Morgan fingerprint density at radius 3 is 2.69 bits per heavy atom. The van der Waals surface area contributed by atoms with Crippen LogP contribution in [0.3, 0.4) is 0 Å². The van der Waals surface area contributed by atoms with Crippen molar-refractivity contribution in [3.05, 3.63) is 28.2 Å². The first kappa shape index (κ1) is 9.71. The van der Waals surface area contributed by atoms with Crippen molar-refractivity contribution in [1.29, 1.82) is 0 Å². The van der Waals surface area contributed by atoms with Crippen LogP contribution in [0.4, 0.5) is 5.69 Å². The molecule has 0 heterocycles. The summed E-state index contributed by atoms with van der Waals surface area (Å²) < 4.78 is 0. The number of aryl methyl sites for hydroxylation is 2. The molecule has 3 nitrogen and oxygen atoms in total. The van der Waals surface area contributed by atoms with Gasteiger partial charge in [0.2, 0.25) is 0 Å². The van der Waals surface area contributed by atoms with Crippen LogP contribution in [0.15, 0.2) is 17.3 Å². The Labute approximate surface area is 77.4 Å². The minimum absolute atomic E-state index is 0.0388. The van der Waals surface area contributed by atoms with Gasteiger partial charge in [-0.3, -0.25) is 0 Å². The van der Waals surface area contributed by atoms with Crippen LogP contribution >= 0.6 is 0 Å². The number of nitroso groups, excluding NO2 is 1. The number of phenols is 1. The highest BCUT2D eigenvalue weighted by Crippen LogP contribution is 2.33. The van der Waals surface area contributed by atoms with Crippen LogP contribution < -0.4 is 0 Å². The predicted molar refractivity (Wildman–Crippen MR) is 52.3 cm³/mol. The lowest BCUT2D eigenvalue weighted by atomic mass is 10.0. The zero-order chi connectivity index (χ0) is 9.84. The minimum atomic E-state index is 0.0388. The molecule has 0 aliphatic heterocycles. The standard InChI is InChI=1S/C10H13NO2/c1-3-4-8-6-5-7(2)9(11-13)10(8)12/h5-6,12H,3-4H2,1-2H3. The zero-order valence-corrected chi connectivity index (χ0v) is 7.87. The van der Waals surface area contributed by atoms with E-state index in [9.17, 15) is 10.0 Å². The van der Waals surface area contributed by atoms with Gasteiger partial charge in [-0.2, -0.15) is 0 Å². The fraction of sp³-hybridized carbons (Fsp3) is 0.400. The van der Waals surface area contributed by atoms with Crippen LogP contribution in [-0.4, -0.2) is 5.11 Å². The van der Waals surface area contributed by atoms with Crippen LogP contribution in [0.5, 0.6) is 5.75 Å².